The standard InChI is InChI=1S/C12H18BrNO3S/c1-9(2)12(6-7-15)14-18(16,17)11-5-3-4-10(13)8-11/h3-5,8-9,12,14-15H,6-7H2,1-2H3. The predicted molar refractivity (Wildman–Crippen MR) is 74.8 cm³/mol. The Hall–Kier alpha value is -0.430. The van der Waals surface area contributed by atoms with Gasteiger partial charge in [-0.15, -0.1) is 0 Å². The summed E-state index contributed by atoms with van der Waals surface area (Å²) in [5.74, 6) is 0.124. The monoisotopic (exact) mass is 335 g/mol. The molecule has 0 aliphatic heterocycles. The maximum absolute atomic E-state index is 12.2. The highest BCUT2D eigenvalue weighted by molar-refractivity contribution is 9.10. The van der Waals surface area contributed by atoms with Crippen LogP contribution in [-0.2, 0) is 10.0 Å². The largest absolute Gasteiger partial charge is 0.396 e. The average Bonchev–Trinajstić information content (AvgIpc) is 2.28. The SMILES string of the molecule is CC(C)C(CCO)NS(=O)(=O)c1cccc(Br)c1. The van der Waals surface area contributed by atoms with Crippen LogP contribution in [0.5, 0.6) is 0 Å². The van der Waals surface area contributed by atoms with Gasteiger partial charge in [-0.05, 0) is 30.5 Å². The fraction of sp³-hybridized carbons (Fsp3) is 0.500. The van der Waals surface area contributed by atoms with Crippen molar-refractivity contribution in [3.63, 3.8) is 0 Å². The van der Waals surface area contributed by atoms with Crippen LogP contribution in [-0.4, -0.2) is 26.2 Å². The number of hydrogen-bond donors (Lipinski definition) is 2. The Labute approximate surface area is 117 Å². The average molecular weight is 336 g/mol. The smallest absolute Gasteiger partial charge is 0.240 e. The predicted octanol–water partition coefficient (Wildman–Crippen LogP) is 2.13. The van der Waals surface area contributed by atoms with Gasteiger partial charge in [-0.1, -0.05) is 35.8 Å². The zero-order chi connectivity index (χ0) is 13.8. The number of sulfonamides is 1. The van der Waals surface area contributed by atoms with Gasteiger partial charge in [0.2, 0.25) is 10.0 Å². The van der Waals surface area contributed by atoms with Crippen LogP contribution in [0.3, 0.4) is 0 Å². The third kappa shape index (κ3) is 4.35. The molecular weight excluding hydrogens is 318 g/mol. The number of hydrogen-bond acceptors (Lipinski definition) is 3. The van der Waals surface area contributed by atoms with Crippen LogP contribution < -0.4 is 4.72 Å². The van der Waals surface area contributed by atoms with Crippen molar-refractivity contribution in [2.75, 3.05) is 6.61 Å². The lowest BCUT2D eigenvalue weighted by Gasteiger charge is -2.21. The molecule has 1 aromatic carbocycles. The highest BCUT2D eigenvalue weighted by Crippen LogP contribution is 2.17. The second-order valence-corrected chi connectivity index (χ2v) is 7.07. The molecule has 0 aliphatic carbocycles. The van der Waals surface area contributed by atoms with E-state index in [4.69, 9.17) is 5.11 Å². The van der Waals surface area contributed by atoms with Crippen molar-refractivity contribution in [1.29, 1.82) is 0 Å². The van der Waals surface area contributed by atoms with E-state index in [1.807, 2.05) is 13.8 Å². The quantitative estimate of drug-likeness (QED) is 0.836. The fourth-order valence-corrected chi connectivity index (χ4v) is 3.58. The lowest BCUT2D eigenvalue weighted by Crippen LogP contribution is -2.39. The summed E-state index contributed by atoms with van der Waals surface area (Å²) in [6, 6.07) is 6.28. The van der Waals surface area contributed by atoms with Crippen molar-refractivity contribution in [2.24, 2.45) is 5.92 Å². The molecule has 0 radical (unpaired) electrons. The zero-order valence-corrected chi connectivity index (χ0v) is 12.8. The van der Waals surface area contributed by atoms with Gasteiger partial charge in [0.05, 0.1) is 4.90 Å². The van der Waals surface area contributed by atoms with E-state index >= 15 is 0 Å². The molecular formula is C12H18BrNO3S. The van der Waals surface area contributed by atoms with E-state index < -0.39 is 10.0 Å². The summed E-state index contributed by atoms with van der Waals surface area (Å²) in [5.41, 5.74) is 0. The summed E-state index contributed by atoms with van der Waals surface area (Å²) >= 11 is 3.25. The highest BCUT2D eigenvalue weighted by Gasteiger charge is 2.22. The van der Waals surface area contributed by atoms with Gasteiger partial charge in [-0.2, -0.15) is 0 Å². The van der Waals surface area contributed by atoms with Gasteiger partial charge < -0.3 is 5.11 Å². The molecule has 0 heterocycles. The Bertz CT molecular complexity index is 488. The van der Waals surface area contributed by atoms with Crippen LogP contribution in [0.4, 0.5) is 0 Å². The lowest BCUT2D eigenvalue weighted by atomic mass is 10.0. The van der Waals surface area contributed by atoms with E-state index in [-0.39, 0.29) is 23.5 Å². The molecule has 0 aromatic heterocycles. The van der Waals surface area contributed by atoms with E-state index in [2.05, 4.69) is 20.7 Å². The molecule has 0 bridgehead atoms. The van der Waals surface area contributed by atoms with Crippen molar-refractivity contribution >= 4 is 26.0 Å². The number of halogens is 1. The van der Waals surface area contributed by atoms with Crippen LogP contribution in [0.1, 0.15) is 20.3 Å². The molecule has 1 aromatic rings. The summed E-state index contributed by atoms with van der Waals surface area (Å²) in [5, 5.41) is 8.95. The van der Waals surface area contributed by atoms with Gasteiger partial charge in [-0.25, -0.2) is 13.1 Å². The second kappa shape index (κ2) is 6.65. The molecule has 0 saturated carbocycles. The molecule has 4 nitrogen and oxygen atoms in total. The van der Waals surface area contributed by atoms with Crippen molar-refractivity contribution in [2.45, 2.75) is 31.2 Å². The van der Waals surface area contributed by atoms with Gasteiger partial charge in [-0.3, -0.25) is 0 Å². The number of rotatable bonds is 6. The number of nitrogens with one attached hydrogen (secondary N) is 1. The molecule has 6 heteroatoms. The summed E-state index contributed by atoms with van der Waals surface area (Å²) in [7, 11) is -3.54. The fourth-order valence-electron chi connectivity index (χ4n) is 1.57. The number of aliphatic hydroxyl groups is 1. The second-order valence-electron chi connectivity index (χ2n) is 4.44. The van der Waals surface area contributed by atoms with Crippen LogP contribution in [0.2, 0.25) is 0 Å². The number of benzene rings is 1. The van der Waals surface area contributed by atoms with E-state index in [1.165, 1.54) is 0 Å². The van der Waals surface area contributed by atoms with Crippen LogP contribution in [0, 0.1) is 5.92 Å². The third-order valence-electron chi connectivity index (χ3n) is 2.66. The van der Waals surface area contributed by atoms with Crippen molar-refractivity contribution < 1.29 is 13.5 Å². The Kier molecular flexibility index (Phi) is 5.78. The first-order valence-corrected chi connectivity index (χ1v) is 8.03. The van der Waals surface area contributed by atoms with Gasteiger partial charge >= 0.3 is 0 Å². The first kappa shape index (κ1) is 15.6. The maximum Gasteiger partial charge on any atom is 0.240 e. The molecule has 0 aliphatic rings. The summed E-state index contributed by atoms with van der Waals surface area (Å²) in [6.07, 6.45) is 0.408. The van der Waals surface area contributed by atoms with Gasteiger partial charge in [0.1, 0.15) is 0 Å². The molecule has 18 heavy (non-hydrogen) atoms. The topological polar surface area (TPSA) is 66.4 Å². The minimum absolute atomic E-state index is 0.0378. The third-order valence-corrected chi connectivity index (χ3v) is 4.64. The van der Waals surface area contributed by atoms with E-state index in [9.17, 15) is 8.42 Å². The molecule has 1 unspecified atom stereocenters. The highest BCUT2D eigenvalue weighted by atomic mass is 79.9. The van der Waals surface area contributed by atoms with Gasteiger partial charge in [0.15, 0.2) is 0 Å². The Morgan fingerprint density at radius 2 is 2.06 bits per heavy atom. The molecule has 2 N–H and O–H groups in total. The Balaban J connectivity index is 2.93. The molecule has 0 saturated heterocycles. The van der Waals surface area contributed by atoms with E-state index in [0.29, 0.717) is 10.9 Å². The first-order chi connectivity index (χ1) is 8.36. The Morgan fingerprint density at radius 3 is 2.56 bits per heavy atom. The van der Waals surface area contributed by atoms with Crippen molar-refractivity contribution in [3.05, 3.63) is 28.7 Å². The lowest BCUT2D eigenvalue weighted by molar-refractivity contribution is 0.256. The van der Waals surface area contributed by atoms with Crippen LogP contribution >= 0.6 is 15.9 Å². The van der Waals surface area contributed by atoms with Gasteiger partial charge in [0, 0.05) is 17.1 Å². The van der Waals surface area contributed by atoms with Crippen molar-refractivity contribution in [3.8, 4) is 0 Å². The summed E-state index contributed by atoms with van der Waals surface area (Å²) in [6.45, 7) is 3.80. The number of aliphatic hydroxyl groups excluding tert-OH is 1. The molecule has 0 amide bonds. The molecule has 102 valence electrons. The molecule has 1 rings (SSSR count). The Morgan fingerprint density at radius 1 is 1.39 bits per heavy atom. The zero-order valence-electron chi connectivity index (χ0n) is 10.4. The van der Waals surface area contributed by atoms with Crippen LogP contribution in [0.25, 0.3) is 0 Å². The minimum atomic E-state index is -3.54. The summed E-state index contributed by atoms with van der Waals surface area (Å²) in [4.78, 5) is 0.223. The minimum Gasteiger partial charge on any atom is -0.396 e. The molecule has 0 fully saturated rings. The normalized spacial score (nSPS) is 13.8. The van der Waals surface area contributed by atoms with Crippen LogP contribution in [0.15, 0.2) is 33.6 Å². The van der Waals surface area contributed by atoms with Gasteiger partial charge in [0.25, 0.3) is 0 Å². The molecule has 0 spiro atoms. The maximum atomic E-state index is 12.2. The van der Waals surface area contributed by atoms with Crippen molar-refractivity contribution in [1.82, 2.24) is 4.72 Å². The summed E-state index contributed by atoms with van der Waals surface area (Å²) < 4.78 is 27.7. The molecule has 1 atom stereocenters. The first-order valence-electron chi connectivity index (χ1n) is 5.75. The van der Waals surface area contributed by atoms with E-state index in [1.54, 1.807) is 24.3 Å². The van der Waals surface area contributed by atoms with E-state index in [0.717, 1.165) is 0 Å².